The summed E-state index contributed by atoms with van der Waals surface area (Å²) in [6.45, 7) is 0. The summed E-state index contributed by atoms with van der Waals surface area (Å²) in [5.41, 5.74) is 6.27. The Balaban J connectivity index is 1.89. The van der Waals surface area contributed by atoms with E-state index >= 15 is 0 Å². The zero-order valence-electron chi connectivity index (χ0n) is 9.80. The van der Waals surface area contributed by atoms with Gasteiger partial charge in [-0.3, -0.25) is 0 Å². The lowest BCUT2D eigenvalue weighted by Gasteiger charge is -2.08. The quantitative estimate of drug-likeness (QED) is 0.284. The molecule has 1 aromatic rings. The Hall–Kier alpha value is -1.16. The Morgan fingerprint density at radius 2 is 1.94 bits per heavy atom. The summed E-state index contributed by atoms with van der Waals surface area (Å²) in [6, 6.07) is 7.86. The first-order valence-electron chi connectivity index (χ1n) is 6.00. The molecule has 0 amide bonds. The van der Waals surface area contributed by atoms with E-state index in [9.17, 15) is 0 Å². The number of rotatable bonds is 4. The third-order valence-electron chi connectivity index (χ3n) is 3.22. The van der Waals surface area contributed by atoms with Gasteiger partial charge in [-0.25, -0.2) is 0 Å². The van der Waals surface area contributed by atoms with Gasteiger partial charge in [0.25, 0.3) is 0 Å². The summed E-state index contributed by atoms with van der Waals surface area (Å²) < 4.78 is 0. The summed E-state index contributed by atoms with van der Waals surface area (Å²) in [5, 5.41) is 11.5. The van der Waals surface area contributed by atoms with Gasteiger partial charge >= 0.3 is 0 Å². The smallest absolute Gasteiger partial charge is 0.170 e. The summed E-state index contributed by atoms with van der Waals surface area (Å²) in [7, 11) is 0. The minimum absolute atomic E-state index is 0.164. The molecule has 0 saturated heterocycles. The highest BCUT2D eigenvalue weighted by molar-refractivity contribution is 7.99. The molecule has 1 aliphatic rings. The Bertz CT molecular complexity index is 383. The fraction of sp³-hybridized carbons (Fsp3) is 0.462. The lowest BCUT2D eigenvalue weighted by atomic mass is 10.1. The minimum Gasteiger partial charge on any atom is -0.409 e. The molecule has 0 unspecified atom stereocenters. The van der Waals surface area contributed by atoms with Gasteiger partial charge in [0.2, 0.25) is 0 Å². The van der Waals surface area contributed by atoms with Crippen LogP contribution in [0.2, 0.25) is 0 Å². The standard InChI is InChI=1S/C13H18N2OS/c14-13(15-16)11-5-7-12(8-6-11)17-9-10-3-1-2-4-10/h5-8,10,16H,1-4,9H2,(H2,14,15). The average molecular weight is 250 g/mol. The van der Waals surface area contributed by atoms with Crippen molar-refractivity contribution in [3.05, 3.63) is 29.8 Å². The van der Waals surface area contributed by atoms with Crippen molar-refractivity contribution >= 4 is 17.6 Å². The average Bonchev–Trinajstić information content (AvgIpc) is 2.89. The normalized spacial score (nSPS) is 17.5. The van der Waals surface area contributed by atoms with Crippen molar-refractivity contribution in [3.8, 4) is 0 Å². The molecule has 2 rings (SSSR count). The summed E-state index contributed by atoms with van der Waals surface area (Å²) in [4.78, 5) is 1.26. The van der Waals surface area contributed by atoms with Crippen LogP contribution >= 0.6 is 11.8 Å². The third kappa shape index (κ3) is 3.40. The van der Waals surface area contributed by atoms with Crippen LogP contribution in [0.25, 0.3) is 0 Å². The fourth-order valence-electron chi connectivity index (χ4n) is 2.17. The maximum atomic E-state index is 8.56. The van der Waals surface area contributed by atoms with Gasteiger partial charge < -0.3 is 10.9 Å². The lowest BCUT2D eigenvalue weighted by molar-refractivity contribution is 0.318. The zero-order chi connectivity index (χ0) is 12.1. The lowest BCUT2D eigenvalue weighted by Crippen LogP contribution is -2.12. The van der Waals surface area contributed by atoms with Crippen LogP contribution in [0.1, 0.15) is 31.2 Å². The van der Waals surface area contributed by atoms with E-state index in [1.54, 1.807) is 0 Å². The van der Waals surface area contributed by atoms with Crippen LogP contribution in [0.5, 0.6) is 0 Å². The summed E-state index contributed by atoms with van der Waals surface area (Å²) in [6.07, 6.45) is 5.56. The van der Waals surface area contributed by atoms with Gasteiger partial charge in [-0.15, -0.1) is 11.8 Å². The topological polar surface area (TPSA) is 58.6 Å². The summed E-state index contributed by atoms with van der Waals surface area (Å²) in [5.74, 6) is 2.27. The van der Waals surface area contributed by atoms with Gasteiger partial charge in [0.05, 0.1) is 0 Å². The van der Waals surface area contributed by atoms with E-state index in [0.717, 1.165) is 11.5 Å². The van der Waals surface area contributed by atoms with Crippen molar-refractivity contribution in [2.45, 2.75) is 30.6 Å². The Morgan fingerprint density at radius 3 is 2.53 bits per heavy atom. The maximum Gasteiger partial charge on any atom is 0.170 e. The van der Waals surface area contributed by atoms with Crippen LogP contribution in [0.15, 0.2) is 34.3 Å². The van der Waals surface area contributed by atoms with Crippen LogP contribution in [-0.4, -0.2) is 16.8 Å². The first kappa shape index (κ1) is 12.3. The first-order chi connectivity index (χ1) is 8.29. The van der Waals surface area contributed by atoms with Crippen molar-refractivity contribution in [2.75, 3.05) is 5.75 Å². The molecule has 0 aliphatic heterocycles. The molecule has 0 aromatic heterocycles. The zero-order valence-corrected chi connectivity index (χ0v) is 10.6. The number of hydrogen-bond donors (Lipinski definition) is 2. The van der Waals surface area contributed by atoms with Gasteiger partial charge in [-0.05, 0) is 30.9 Å². The van der Waals surface area contributed by atoms with Crippen LogP contribution in [0.4, 0.5) is 0 Å². The first-order valence-corrected chi connectivity index (χ1v) is 6.99. The number of amidine groups is 1. The Kier molecular flexibility index (Phi) is 4.31. The predicted molar refractivity (Wildman–Crippen MR) is 71.6 cm³/mol. The van der Waals surface area contributed by atoms with Crippen LogP contribution in [0.3, 0.4) is 0 Å². The van der Waals surface area contributed by atoms with Crippen LogP contribution in [0, 0.1) is 5.92 Å². The Morgan fingerprint density at radius 1 is 1.29 bits per heavy atom. The number of thioether (sulfide) groups is 1. The molecular formula is C13H18N2OS. The predicted octanol–water partition coefficient (Wildman–Crippen LogP) is 3.06. The van der Waals surface area contributed by atoms with Crippen molar-refractivity contribution in [2.24, 2.45) is 16.8 Å². The highest BCUT2D eigenvalue weighted by Gasteiger charge is 2.14. The van der Waals surface area contributed by atoms with Gasteiger partial charge in [0.15, 0.2) is 5.84 Å². The third-order valence-corrected chi connectivity index (χ3v) is 4.46. The maximum absolute atomic E-state index is 8.56. The van der Waals surface area contributed by atoms with Crippen molar-refractivity contribution in [1.82, 2.24) is 0 Å². The van der Waals surface area contributed by atoms with Crippen molar-refractivity contribution < 1.29 is 5.21 Å². The van der Waals surface area contributed by atoms with Crippen molar-refractivity contribution in [1.29, 1.82) is 0 Å². The second-order valence-corrected chi connectivity index (χ2v) is 5.56. The van der Waals surface area contributed by atoms with E-state index in [2.05, 4.69) is 5.16 Å². The molecule has 1 aromatic carbocycles. The van der Waals surface area contributed by atoms with E-state index in [1.165, 1.54) is 36.3 Å². The Labute approximate surface area is 106 Å². The fourth-order valence-corrected chi connectivity index (χ4v) is 3.26. The van der Waals surface area contributed by atoms with Crippen molar-refractivity contribution in [3.63, 3.8) is 0 Å². The summed E-state index contributed by atoms with van der Waals surface area (Å²) >= 11 is 1.90. The molecule has 4 heteroatoms. The molecule has 0 atom stereocenters. The second kappa shape index (κ2) is 5.96. The number of benzene rings is 1. The number of nitrogens with two attached hydrogens (primary N) is 1. The molecular weight excluding hydrogens is 232 g/mol. The van der Waals surface area contributed by atoms with E-state index in [-0.39, 0.29) is 5.84 Å². The molecule has 0 radical (unpaired) electrons. The van der Waals surface area contributed by atoms with E-state index in [0.29, 0.717) is 0 Å². The molecule has 3 N–H and O–H groups in total. The minimum atomic E-state index is 0.164. The number of oxime groups is 1. The number of hydrogen-bond acceptors (Lipinski definition) is 3. The molecule has 3 nitrogen and oxygen atoms in total. The van der Waals surface area contributed by atoms with Gasteiger partial charge in [-0.2, -0.15) is 0 Å². The molecule has 1 saturated carbocycles. The van der Waals surface area contributed by atoms with Crippen LogP contribution < -0.4 is 5.73 Å². The van der Waals surface area contributed by atoms with Gasteiger partial charge in [-0.1, -0.05) is 30.1 Å². The molecule has 1 fully saturated rings. The molecule has 0 heterocycles. The van der Waals surface area contributed by atoms with E-state index in [4.69, 9.17) is 10.9 Å². The van der Waals surface area contributed by atoms with E-state index in [1.807, 2.05) is 36.0 Å². The highest BCUT2D eigenvalue weighted by atomic mass is 32.2. The van der Waals surface area contributed by atoms with Gasteiger partial charge in [0, 0.05) is 16.2 Å². The molecule has 0 spiro atoms. The van der Waals surface area contributed by atoms with Gasteiger partial charge in [0.1, 0.15) is 0 Å². The second-order valence-electron chi connectivity index (χ2n) is 4.47. The molecule has 92 valence electrons. The highest BCUT2D eigenvalue weighted by Crippen LogP contribution is 2.30. The monoisotopic (exact) mass is 250 g/mol. The largest absolute Gasteiger partial charge is 0.409 e. The SMILES string of the molecule is NC(=NO)c1ccc(SCC2CCCC2)cc1. The molecule has 17 heavy (non-hydrogen) atoms. The molecule has 0 bridgehead atoms. The molecule has 1 aliphatic carbocycles. The number of nitrogens with zero attached hydrogens (tertiary/aromatic N) is 1. The van der Waals surface area contributed by atoms with Crippen LogP contribution in [-0.2, 0) is 0 Å². The van der Waals surface area contributed by atoms with E-state index < -0.39 is 0 Å².